The van der Waals surface area contributed by atoms with Crippen LogP contribution in [0.4, 0.5) is 0 Å². The molecule has 1 fully saturated rings. The zero-order chi connectivity index (χ0) is 14.7. The van der Waals surface area contributed by atoms with Gasteiger partial charge in [-0.05, 0) is 25.7 Å². The summed E-state index contributed by atoms with van der Waals surface area (Å²) < 4.78 is 27.5. The van der Waals surface area contributed by atoms with Gasteiger partial charge in [-0.1, -0.05) is 20.3 Å². The maximum atomic E-state index is 12.5. The zero-order valence-electron chi connectivity index (χ0n) is 11.9. The predicted octanol–water partition coefficient (Wildman–Crippen LogP) is 1.29. The van der Waals surface area contributed by atoms with E-state index in [1.165, 1.54) is 15.7 Å². The second-order valence-electron chi connectivity index (χ2n) is 5.05. The summed E-state index contributed by atoms with van der Waals surface area (Å²) >= 11 is 0. The lowest BCUT2D eigenvalue weighted by Gasteiger charge is -2.35. The quantitative estimate of drug-likeness (QED) is 0.767. The summed E-state index contributed by atoms with van der Waals surface area (Å²) in [6, 6.07) is 0. The van der Waals surface area contributed by atoms with E-state index in [4.69, 9.17) is 0 Å². The Kier molecular flexibility index (Phi) is 5.34. The van der Waals surface area contributed by atoms with Gasteiger partial charge in [0.05, 0.1) is 0 Å². The van der Waals surface area contributed by atoms with Crippen molar-refractivity contribution < 1.29 is 18.3 Å². The number of nitrogens with zero attached hydrogens (tertiary/aromatic N) is 2. The van der Waals surface area contributed by atoms with Gasteiger partial charge in [0.2, 0.25) is 0 Å². The lowest BCUT2D eigenvalue weighted by atomic mass is 9.95. The van der Waals surface area contributed by atoms with Crippen LogP contribution in [0.2, 0.25) is 0 Å². The molecule has 19 heavy (non-hydrogen) atoms. The van der Waals surface area contributed by atoms with Crippen LogP contribution < -0.4 is 0 Å². The molecule has 0 bridgehead atoms. The Bertz CT molecular complexity index is 423. The van der Waals surface area contributed by atoms with Crippen molar-refractivity contribution in [1.29, 1.82) is 0 Å². The van der Waals surface area contributed by atoms with Gasteiger partial charge in [0.1, 0.15) is 5.54 Å². The van der Waals surface area contributed by atoms with E-state index in [1.807, 2.05) is 6.92 Å². The van der Waals surface area contributed by atoms with Crippen LogP contribution in [-0.4, -0.2) is 53.8 Å². The normalized spacial score (nSPS) is 25.1. The highest BCUT2D eigenvalue weighted by Crippen LogP contribution is 2.35. The van der Waals surface area contributed by atoms with E-state index in [1.54, 1.807) is 6.92 Å². The molecule has 7 heteroatoms. The van der Waals surface area contributed by atoms with E-state index in [2.05, 4.69) is 0 Å². The smallest absolute Gasteiger partial charge is 0.325 e. The maximum Gasteiger partial charge on any atom is 0.325 e. The Hall–Kier alpha value is -0.660. The molecule has 1 aliphatic rings. The predicted molar refractivity (Wildman–Crippen MR) is 73.1 cm³/mol. The second-order valence-corrected chi connectivity index (χ2v) is 7.01. The van der Waals surface area contributed by atoms with Gasteiger partial charge in [0.15, 0.2) is 0 Å². The third-order valence-electron chi connectivity index (χ3n) is 3.91. The van der Waals surface area contributed by atoms with Gasteiger partial charge in [0.25, 0.3) is 10.2 Å². The van der Waals surface area contributed by atoms with Crippen molar-refractivity contribution >= 4 is 16.2 Å². The number of hydrogen-bond acceptors (Lipinski definition) is 3. The number of rotatable bonds is 7. The highest BCUT2D eigenvalue weighted by atomic mass is 32.2. The van der Waals surface area contributed by atoms with Crippen molar-refractivity contribution in [3.8, 4) is 0 Å². The number of carbonyl (C=O) groups is 1. The standard InChI is InChI=1S/C12H24N2O4S/c1-4-6-9-13(3)19(17,18)14-10-7-8-12(14,5-2)11(15)16/h4-10H2,1-3H3,(H,15,16). The van der Waals surface area contributed by atoms with Gasteiger partial charge < -0.3 is 5.11 Å². The Morgan fingerprint density at radius 1 is 1.42 bits per heavy atom. The van der Waals surface area contributed by atoms with Gasteiger partial charge in [-0.15, -0.1) is 0 Å². The minimum Gasteiger partial charge on any atom is -0.480 e. The topological polar surface area (TPSA) is 77.9 Å². The highest BCUT2D eigenvalue weighted by Gasteiger charge is 2.52. The fourth-order valence-corrected chi connectivity index (χ4v) is 4.37. The fraction of sp³-hybridized carbons (Fsp3) is 0.917. The molecule has 1 aliphatic heterocycles. The number of carboxylic acids is 1. The molecular formula is C12H24N2O4S. The molecule has 0 spiro atoms. The maximum absolute atomic E-state index is 12.5. The van der Waals surface area contributed by atoms with E-state index in [0.29, 0.717) is 32.4 Å². The molecule has 0 aliphatic carbocycles. The molecule has 1 rings (SSSR count). The molecule has 1 atom stereocenters. The summed E-state index contributed by atoms with van der Waals surface area (Å²) in [5.41, 5.74) is -1.26. The first-order chi connectivity index (χ1) is 8.82. The van der Waals surface area contributed by atoms with Gasteiger partial charge in [0, 0.05) is 20.1 Å². The van der Waals surface area contributed by atoms with Crippen LogP contribution in [0.5, 0.6) is 0 Å². The molecule has 1 N–H and O–H groups in total. The highest BCUT2D eigenvalue weighted by molar-refractivity contribution is 7.86. The molecule has 0 radical (unpaired) electrons. The van der Waals surface area contributed by atoms with Crippen LogP contribution in [0.15, 0.2) is 0 Å². The largest absolute Gasteiger partial charge is 0.480 e. The summed E-state index contributed by atoms with van der Waals surface area (Å²) in [5, 5.41) is 9.43. The van der Waals surface area contributed by atoms with E-state index in [9.17, 15) is 18.3 Å². The minimum atomic E-state index is -3.69. The van der Waals surface area contributed by atoms with Gasteiger partial charge in [-0.25, -0.2) is 0 Å². The third-order valence-corrected chi connectivity index (χ3v) is 5.97. The van der Waals surface area contributed by atoms with E-state index >= 15 is 0 Å². The summed E-state index contributed by atoms with van der Waals surface area (Å²) in [6.45, 7) is 4.44. The van der Waals surface area contributed by atoms with Crippen LogP contribution in [0.1, 0.15) is 46.0 Å². The minimum absolute atomic E-state index is 0.291. The number of aliphatic carboxylic acids is 1. The van der Waals surface area contributed by atoms with Crippen LogP contribution in [0.3, 0.4) is 0 Å². The number of hydrogen-bond donors (Lipinski definition) is 1. The first kappa shape index (κ1) is 16.4. The average Bonchev–Trinajstić information content (AvgIpc) is 2.81. The van der Waals surface area contributed by atoms with Crippen LogP contribution in [0, 0.1) is 0 Å². The van der Waals surface area contributed by atoms with Crippen LogP contribution in [-0.2, 0) is 15.0 Å². The van der Waals surface area contributed by atoms with Gasteiger partial charge >= 0.3 is 5.97 Å². The summed E-state index contributed by atoms with van der Waals surface area (Å²) in [6.07, 6.45) is 2.96. The monoisotopic (exact) mass is 292 g/mol. The fourth-order valence-electron chi connectivity index (χ4n) is 2.57. The van der Waals surface area contributed by atoms with Crippen molar-refractivity contribution in [1.82, 2.24) is 8.61 Å². The van der Waals surface area contributed by atoms with Crippen molar-refractivity contribution in [3.05, 3.63) is 0 Å². The molecule has 0 aromatic rings. The Balaban J connectivity index is 3.02. The molecule has 1 heterocycles. The van der Waals surface area contributed by atoms with Crippen molar-refractivity contribution in [2.75, 3.05) is 20.1 Å². The molecule has 1 saturated heterocycles. The molecule has 0 aromatic heterocycles. The van der Waals surface area contributed by atoms with E-state index in [0.717, 1.165) is 12.8 Å². The van der Waals surface area contributed by atoms with Crippen molar-refractivity contribution in [2.45, 2.75) is 51.5 Å². The summed E-state index contributed by atoms with van der Waals surface area (Å²) in [5.74, 6) is -1.04. The first-order valence-corrected chi connectivity index (χ1v) is 8.20. The van der Waals surface area contributed by atoms with Crippen LogP contribution in [0.25, 0.3) is 0 Å². The van der Waals surface area contributed by atoms with Gasteiger partial charge in [-0.3, -0.25) is 4.79 Å². The average molecular weight is 292 g/mol. The van der Waals surface area contributed by atoms with Gasteiger partial charge in [-0.2, -0.15) is 17.0 Å². The van der Waals surface area contributed by atoms with E-state index in [-0.39, 0.29) is 0 Å². The second kappa shape index (κ2) is 6.19. The lowest BCUT2D eigenvalue weighted by Crippen LogP contribution is -2.56. The Morgan fingerprint density at radius 2 is 2.05 bits per heavy atom. The van der Waals surface area contributed by atoms with Crippen molar-refractivity contribution in [3.63, 3.8) is 0 Å². The van der Waals surface area contributed by atoms with Crippen LogP contribution >= 0.6 is 0 Å². The SMILES string of the molecule is CCCCN(C)S(=O)(=O)N1CCCC1(CC)C(=O)O. The first-order valence-electron chi connectivity index (χ1n) is 6.80. The Labute approximate surface area is 115 Å². The molecule has 0 aromatic carbocycles. The molecule has 112 valence electrons. The molecular weight excluding hydrogens is 268 g/mol. The number of carboxylic acid groups (broad SMARTS) is 1. The molecule has 0 amide bonds. The molecule has 1 unspecified atom stereocenters. The molecule has 0 saturated carbocycles. The Morgan fingerprint density at radius 3 is 2.53 bits per heavy atom. The summed E-state index contributed by atoms with van der Waals surface area (Å²) in [7, 11) is -2.17. The zero-order valence-corrected chi connectivity index (χ0v) is 12.7. The number of unbranched alkanes of at least 4 members (excludes halogenated alkanes) is 1. The third kappa shape index (κ3) is 2.93. The van der Waals surface area contributed by atoms with E-state index < -0.39 is 21.7 Å². The lowest BCUT2D eigenvalue weighted by molar-refractivity contribution is -0.147. The van der Waals surface area contributed by atoms with Crippen molar-refractivity contribution in [2.24, 2.45) is 0 Å². The molecule has 6 nitrogen and oxygen atoms in total. The summed E-state index contributed by atoms with van der Waals surface area (Å²) in [4.78, 5) is 11.5.